The van der Waals surface area contributed by atoms with Gasteiger partial charge in [0.2, 0.25) is 10.0 Å². The molecule has 3 aromatic heterocycles. The summed E-state index contributed by atoms with van der Waals surface area (Å²) in [4.78, 5) is 31.3. The van der Waals surface area contributed by atoms with Gasteiger partial charge in [0.15, 0.2) is 11.4 Å². The maximum atomic E-state index is 12.3. The van der Waals surface area contributed by atoms with E-state index in [-0.39, 0.29) is 28.4 Å². The van der Waals surface area contributed by atoms with Gasteiger partial charge in [0.25, 0.3) is 5.56 Å². The Morgan fingerprint density at radius 1 is 1.19 bits per heavy atom. The van der Waals surface area contributed by atoms with Crippen LogP contribution >= 0.6 is 0 Å². The van der Waals surface area contributed by atoms with Crippen LogP contribution in [0.3, 0.4) is 0 Å². The zero-order valence-electron chi connectivity index (χ0n) is 15.4. The van der Waals surface area contributed by atoms with Crippen molar-refractivity contribution in [3.63, 3.8) is 0 Å². The number of nitrogens with one attached hydrogen (secondary N) is 2. The number of aryl methyl sites for hydroxylation is 4. The molecule has 3 aromatic rings. The van der Waals surface area contributed by atoms with Gasteiger partial charge >= 0.3 is 5.69 Å². The fraction of sp³-hybridized carbons (Fsp3) is 0.467. The molecule has 0 spiro atoms. The molecule has 3 heterocycles. The van der Waals surface area contributed by atoms with Gasteiger partial charge in [0.05, 0.1) is 0 Å². The molecule has 0 atom stereocenters. The fourth-order valence-electron chi connectivity index (χ4n) is 2.89. The lowest BCUT2D eigenvalue weighted by Gasteiger charge is -2.05. The average molecular weight is 396 g/mol. The molecular formula is C15H20N6O5S. The summed E-state index contributed by atoms with van der Waals surface area (Å²) in [5, 5.41) is 3.64. The average Bonchev–Trinajstić information content (AvgIpc) is 3.19. The number of hydrogen-bond donors (Lipinski definition) is 2. The van der Waals surface area contributed by atoms with Crippen molar-refractivity contribution in [1.82, 2.24) is 29.0 Å². The number of nitrogens with zero attached hydrogens (tertiary/aromatic N) is 4. The lowest BCUT2D eigenvalue weighted by Crippen LogP contribution is -2.36. The van der Waals surface area contributed by atoms with E-state index in [2.05, 4.69) is 19.8 Å². The number of rotatable bonds is 6. The third kappa shape index (κ3) is 3.32. The molecule has 0 saturated carbocycles. The van der Waals surface area contributed by atoms with Crippen LogP contribution in [-0.4, -0.2) is 39.2 Å². The first-order valence-corrected chi connectivity index (χ1v) is 9.69. The summed E-state index contributed by atoms with van der Waals surface area (Å²) in [6.45, 7) is 3.26. The summed E-state index contributed by atoms with van der Waals surface area (Å²) < 4.78 is 34.3. The zero-order chi connectivity index (χ0) is 19.9. The molecule has 12 heteroatoms. The normalized spacial score (nSPS) is 12.1. The second-order valence-corrected chi connectivity index (χ2v) is 7.95. The molecule has 0 aliphatic heterocycles. The number of imidazole rings is 1. The molecule has 0 saturated heterocycles. The van der Waals surface area contributed by atoms with Crippen molar-refractivity contribution in [2.45, 2.75) is 31.6 Å². The Balaban J connectivity index is 1.71. The number of aromatic nitrogens is 5. The van der Waals surface area contributed by atoms with Crippen LogP contribution in [0.4, 0.5) is 0 Å². The second-order valence-electron chi connectivity index (χ2n) is 6.24. The lowest BCUT2D eigenvalue weighted by atomic mass is 10.3. The number of aromatic amines is 1. The third-order valence-electron chi connectivity index (χ3n) is 4.26. The summed E-state index contributed by atoms with van der Waals surface area (Å²) in [7, 11) is -0.787. The van der Waals surface area contributed by atoms with Crippen molar-refractivity contribution < 1.29 is 12.9 Å². The lowest BCUT2D eigenvalue weighted by molar-refractivity contribution is 0.390. The van der Waals surface area contributed by atoms with Crippen LogP contribution in [0.15, 0.2) is 19.0 Å². The number of sulfonamides is 1. The van der Waals surface area contributed by atoms with Gasteiger partial charge in [-0.2, -0.15) is 0 Å². The molecule has 0 radical (unpaired) electrons. The summed E-state index contributed by atoms with van der Waals surface area (Å²) in [6.07, 6.45) is 0.840. The van der Waals surface area contributed by atoms with Crippen LogP contribution in [0.2, 0.25) is 0 Å². The molecule has 0 bridgehead atoms. The van der Waals surface area contributed by atoms with Crippen molar-refractivity contribution in [1.29, 1.82) is 0 Å². The fourth-order valence-corrected chi connectivity index (χ4v) is 4.28. The second kappa shape index (κ2) is 6.78. The van der Waals surface area contributed by atoms with E-state index in [9.17, 15) is 18.0 Å². The largest absolute Gasteiger partial charge is 0.360 e. The molecule has 11 nitrogen and oxygen atoms in total. The maximum Gasteiger partial charge on any atom is 0.332 e. The van der Waals surface area contributed by atoms with E-state index in [1.165, 1.54) is 25.6 Å². The van der Waals surface area contributed by atoms with E-state index in [1.54, 1.807) is 6.92 Å². The minimum absolute atomic E-state index is 0.0460. The minimum Gasteiger partial charge on any atom is -0.360 e. The molecule has 0 aliphatic carbocycles. The molecule has 146 valence electrons. The molecule has 0 aromatic carbocycles. The van der Waals surface area contributed by atoms with E-state index < -0.39 is 21.3 Å². The van der Waals surface area contributed by atoms with Crippen molar-refractivity contribution in [3.05, 3.63) is 38.1 Å². The number of H-pyrrole nitrogens is 1. The highest BCUT2D eigenvalue weighted by Gasteiger charge is 2.23. The Morgan fingerprint density at radius 2 is 1.89 bits per heavy atom. The molecular weight excluding hydrogens is 376 g/mol. The predicted octanol–water partition coefficient (Wildman–Crippen LogP) is -0.524. The topological polar surface area (TPSA) is 145 Å². The zero-order valence-corrected chi connectivity index (χ0v) is 16.2. The molecule has 0 unspecified atom stereocenters. The third-order valence-corrected chi connectivity index (χ3v) is 5.97. The van der Waals surface area contributed by atoms with Crippen LogP contribution in [0, 0.1) is 13.8 Å². The summed E-state index contributed by atoms with van der Waals surface area (Å²) in [5.74, 6) is 0.730. The van der Waals surface area contributed by atoms with Crippen LogP contribution in [-0.2, 0) is 30.5 Å². The Labute approximate surface area is 154 Å². The Kier molecular flexibility index (Phi) is 4.78. The van der Waals surface area contributed by atoms with Crippen LogP contribution < -0.4 is 16.0 Å². The maximum absolute atomic E-state index is 12.3. The van der Waals surface area contributed by atoms with Crippen LogP contribution in [0.25, 0.3) is 11.2 Å². The van der Waals surface area contributed by atoms with E-state index >= 15 is 0 Å². The highest BCUT2D eigenvalue weighted by atomic mass is 32.2. The van der Waals surface area contributed by atoms with E-state index in [4.69, 9.17) is 4.52 Å². The first-order chi connectivity index (χ1) is 12.6. The molecule has 0 amide bonds. The Hall–Kier alpha value is -2.73. The molecule has 27 heavy (non-hydrogen) atoms. The van der Waals surface area contributed by atoms with E-state index in [1.807, 2.05) is 0 Å². The standard InChI is InChI=1S/C15H20N6O5S/c1-8-12(9(2)26-19-8)27(24,25)16-7-5-6-10-17-11-13(18-10)20(3)15(23)21(4)14(11)22/h16H,5-7H2,1-4H3,(H,17,18). The van der Waals surface area contributed by atoms with Crippen molar-refractivity contribution in [2.75, 3.05) is 6.54 Å². The number of fused-ring (bicyclic) bond motifs is 1. The van der Waals surface area contributed by atoms with Gasteiger partial charge in [-0.05, 0) is 20.3 Å². The van der Waals surface area contributed by atoms with Crippen molar-refractivity contribution >= 4 is 21.2 Å². The molecule has 0 fully saturated rings. The first kappa shape index (κ1) is 19.0. The summed E-state index contributed by atoms with van der Waals surface area (Å²) in [5.41, 5.74) is -0.0990. The van der Waals surface area contributed by atoms with Crippen molar-refractivity contribution in [2.24, 2.45) is 14.1 Å². The van der Waals surface area contributed by atoms with Crippen LogP contribution in [0.1, 0.15) is 23.7 Å². The first-order valence-electron chi connectivity index (χ1n) is 8.20. The minimum atomic E-state index is -3.72. The van der Waals surface area contributed by atoms with Crippen LogP contribution in [0.5, 0.6) is 0 Å². The SMILES string of the molecule is Cc1noc(C)c1S(=O)(=O)NCCCc1nc2c([nH]1)c(=O)n(C)c(=O)n2C. The van der Waals surface area contributed by atoms with Gasteiger partial charge < -0.3 is 9.51 Å². The monoisotopic (exact) mass is 396 g/mol. The van der Waals surface area contributed by atoms with Gasteiger partial charge in [-0.15, -0.1) is 0 Å². The number of hydrogen-bond acceptors (Lipinski definition) is 7. The van der Waals surface area contributed by atoms with E-state index in [0.717, 1.165) is 4.57 Å². The van der Waals surface area contributed by atoms with Gasteiger partial charge in [-0.25, -0.2) is 22.9 Å². The van der Waals surface area contributed by atoms with Crippen molar-refractivity contribution in [3.8, 4) is 0 Å². The quantitative estimate of drug-likeness (QED) is 0.533. The highest BCUT2D eigenvalue weighted by molar-refractivity contribution is 7.89. The summed E-state index contributed by atoms with van der Waals surface area (Å²) in [6, 6.07) is 0. The highest BCUT2D eigenvalue weighted by Crippen LogP contribution is 2.18. The smallest absolute Gasteiger partial charge is 0.332 e. The molecule has 3 rings (SSSR count). The molecule has 0 aliphatic rings. The van der Waals surface area contributed by atoms with Gasteiger partial charge in [-0.1, -0.05) is 5.16 Å². The van der Waals surface area contributed by atoms with Gasteiger partial charge in [0.1, 0.15) is 21.9 Å². The van der Waals surface area contributed by atoms with Gasteiger partial charge in [-0.3, -0.25) is 13.9 Å². The Morgan fingerprint density at radius 3 is 2.52 bits per heavy atom. The van der Waals surface area contributed by atoms with E-state index in [0.29, 0.717) is 24.4 Å². The Bertz CT molecular complexity index is 1210. The predicted molar refractivity (Wildman–Crippen MR) is 96.1 cm³/mol. The van der Waals surface area contributed by atoms with Gasteiger partial charge in [0, 0.05) is 27.1 Å². The molecule has 2 N–H and O–H groups in total. The summed E-state index contributed by atoms with van der Waals surface area (Å²) >= 11 is 0.